The molecule has 0 spiro atoms. The summed E-state index contributed by atoms with van der Waals surface area (Å²) >= 11 is 0. The summed E-state index contributed by atoms with van der Waals surface area (Å²) in [7, 11) is 0. The fourth-order valence-corrected chi connectivity index (χ4v) is 1.85. The Labute approximate surface area is 89.5 Å². The summed E-state index contributed by atoms with van der Waals surface area (Å²) in [5.74, 6) is 0.899. The highest BCUT2D eigenvalue weighted by Gasteiger charge is 2.11. The van der Waals surface area contributed by atoms with Crippen LogP contribution in [0.15, 0.2) is 12.1 Å². The van der Waals surface area contributed by atoms with Crippen molar-refractivity contribution in [3.63, 3.8) is 0 Å². The molecule has 1 fully saturated rings. The van der Waals surface area contributed by atoms with Gasteiger partial charge in [-0.05, 0) is 25.0 Å². The van der Waals surface area contributed by atoms with Crippen molar-refractivity contribution in [2.75, 3.05) is 18.0 Å². The lowest BCUT2D eigenvalue weighted by Gasteiger charge is -2.20. The second-order valence-electron chi connectivity index (χ2n) is 3.79. The summed E-state index contributed by atoms with van der Waals surface area (Å²) in [5, 5.41) is 16.5. The van der Waals surface area contributed by atoms with E-state index >= 15 is 0 Å². The highest BCUT2D eigenvalue weighted by atomic mass is 15.3. The Hall–Kier alpha value is -1.63. The van der Waals surface area contributed by atoms with Crippen LogP contribution in [0.4, 0.5) is 5.82 Å². The molecule has 1 aromatic heterocycles. The Kier molecular flexibility index (Phi) is 3.13. The third-order valence-corrected chi connectivity index (χ3v) is 2.70. The van der Waals surface area contributed by atoms with Crippen LogP contribution < -0.4 is 4.90 Å². The average molecular weight is 202 g/mol. The zero-order chi connectivity index (χ0) is 10.5. The molecule has 1 aliphatic rings. The first-order valence-electron chi connectivity index (χ1n) is 5.39. The summed E-state index contributed by atoms with van der Waals surface area (Å²) < 4.78 is 0. The maximum absolute atomic E-state index is 8.62. The van der Waals surface area contributed by atoms with Gasteiger partial charge < -0.3 is 4.90 Å². The fraction of sp³-hybridized carbons (Fsp3) is 0.545. The normalized spacial score (nSPS) is 16.9. The van der Waals surface area contributed by atoms with Crippen LogP contribution in [0, 0.1) is 11.3 Å². The Balaban J connectivity index is 2.10. The smallest absolute Gasteiger partial charge is 0.163 e. The molecule has 1 saturated heterocycles. The lowest BCUT2D eigenvalue weighted by molar-refractivity contribution is 0.726. The number of hydrogen-bond acceptors (Lipinski definition) is 4. The first kappa shape index (κ1) is 9.91. The molecule has 1 aromatic rings. The predicted molar refractivity (Wildman–Crippen MR) is 57.4 cm³/mol. The molecular weight excluding hydrogens is 188 g/mol. The van der Waals surface area contributed by atoms with Crippen molar-refractivity contribution in [2.45, 2.75) is 25.7 Å². The fourth-order valence-electron chi connectivity index (χ4n) is 1.85. The van der Waals surface area contributed by atoms with Gasteiger partial charge in [0.05, 0.1) is 0 Å². The lowest BCUT2D eigenvalue weighted by atomic mass is 10.2. The van der Waals surface area contributed by atoms with Crippen LogP contribution in [0.2, 0.25) is 0 Å². The minimum Gasteiger partial charge on any atom is -0.355 e. The third-order valence-electron chi connectivity index (χ3n) is 2.70. The van der Waals surface area contributed by atoms with Crippen LogP contribution in [0.3, 0.4) is 0 Å². The van der Waals surface area contributed by atoms with Gasteiger partial charge in [-0.2, -0.15) is 5.26 Å². The van der Waals surface area contributed by atoms with Gasteiger partial charge >= 0.3 is 0 Å². The number of nitrogens with zero attached hydrogens (tertiary/aromatic N) is 4. The summed E-state index contributed by atoms with van der Waals surface area (Å²) in [6.07, 6.45) is 5.06. The van der Waals surface area contributed by atoms with Gasteiger partial charge in [0.1, 0.15) is 6.07 Å². The van der Waals surface area contributed by atoms with E-state index in [2.05, 4.69) is 15.1 Å². The van der Waals surface area contributed by atoms with Crippen molar-refractivity contribution in [3.8, 4) is 6.07 Å². The quantitative estimate of drug-likeness (QED) is 0.696. The first-order valence-corrected chi connectivity index (χ1v) is 5.39. The number of nitriles is 1. The lowest BCUT2D eigenvalue weighted by Crippen LogP contribution is -2.25. The number of hydrogen-bond donors (Lipinski definition) is 0. The SMILES string of the molecule is N#Cc1ccc(N2CCCCCC2)nn1. The van der Waals surface area contributed by atoms with Crippen molar-refractivity contribution < 1.29 is 0 Å². The molecule has 15 heavy (non-hydrogen) atoms. The van der Waals surface area contributed by atoms with E-state index in [-0.39, 0.29) is 0 Å². The van der Waals surface area contributed by atoms with E-state index in [0.717, 1.165) is 18.9 Å². The van der Waals surface area contributed by atoms with Crippen LogP contribution in [0.1, 0.15) is 31.4 Å². The Morgan fingerprint density at radius 1 is 1.07 bits per heavy atom. The van der Waals surface area contributed by atoms with Crippen molar-refractivity contribution >= 4 is 5.82 Å². The van der Waals surface area contributed by atoms with Crippen LogP contribution >= 0.6 is 0 Å². The van der Waals surface area contributed by atoms with Crippen molar-refractivity contribution in [1.82, 2.24) is 10.2 Å². The van der Waals surface area contributed by atoms with Crippen LogP contribution in [0.25, 0.3) is 0 Å². The van der Waals surface area contributed by atoms with Gasteiger partial charge in [0.25, 0.3) is 0 Å². The minimum absolute atomic E-state index is 0.383. The van der Waals surface area contributed by atoms with Gasteiger partial charge in [-0.3, -0.25) is 0 Å². The molecule has 0 bridgehead atoms. The molecular formula is C11H14N4. The monoisotopic (exact) mass is 202 g/mol. The van der Waals surface area contributed by atoms with Crippen molar-refractivity contribution in [3.05, 3.63) is 17.8 Å². The Morgan fingerprint density at radius 3 is 2.33 bits per heavy atom. The highest BCUT2D eigenvalue weighted by molar-refractivity contribution is 5.38. The summed E-state index contributed by atoms with van der Waals surface area (Å²) in [5.41, 5.74) is 0.383. The van der Waals surface area contributed by atoms with Crippen LogP contribution in [0.5, 0.6) is 0 Å². The summed E-state index contributed by atoms with van der Waals surface area (Å²) in [6, 6.07) is 5.59. The second-order valence-corrected chi connectivity index (χ2v) is 3.79. The number of anilines is 1. The molecule has 0 aliphatic carbocycles. The predicted octanol–water partition coefficient (Wildman–Crippen LogP) is 1.73. The first-order chi connectivity index (χ1) is 7.40. The molecule has 4 nitrogen and oxygen atoms in total. The minimum atomic E-state index is 0.383. The van der Waals surface area contributed by atoms with Gasteiger partial charge in [0.15, 0.2) is 11.5 Å². The van der Waals surface area contributed by atoms with E-state index < -0.39 is 0 Å². The molecule has 0 N–H and O–H groups in total. The number of rotatable bonds is 1. The van der Waals surface area contributed by atoms with Gasteiger partial charge in [-0.25, -0.2) is 0 Å². The molecule has 0 aromatic carbocycles. The molecule has 0 unspecified atom stereocenters. The maximum Gasteiger partial charge on any atom is 0.163 e. The summed E-state index contributed by atoms with van der Waals surface area (Å²) in [4.78, 5) is 2.25. The molecule has 0 amide bonds. The van der Waals surface area contributed by atoms with Gasteiger partial charge in [0, 0.05) is 13.1 Å². The molecule has 2 heterocycles. The highest BCUT2D eigenvalue weighted by Crippen LogP contribution is 2.16. The molecule has 0 atom stereocenters. The molecule has 78 valence electrons. The molecule has 0 saturated carbocycles. The van der Waals surface area contributed by atoms with E-state index in [1.807, 2.05) is 12.1 Å². The second kappa shape index (κ2) is 4.74. The standard InChI is InChI=1S/C11H14N4/c12-9-10-5-6-11(14-13-10)15-7-3-1-2-4-8-15/h5-6H,1-4,7-8H2. The Bertz CT molecular complexity index is 344. The Morgan fingerprint density at radius 2 is 1.80 bits per heavy atom. The van der Waals surface area contributed by atoms with Gasteiger partial charge in [0.2, 0.25) is 0 Å². The summed E-state index contributed by atoms with van der Waals surface area (Å²) in [6.45, 7) is 2.11. The zero-order valence-corrected chi connectivity index (χ0v) is 8.69. The van der Waals surface area contributed by atoms with Crippen LogP contribution in [-0.2, 0) is 0 Å². The van der Waals surface area contributed by atoms with E-state index in [1.165, 1.54) is 25.7 Å². The maximum atomic E-state index is 8.62. The van der Waals surface area contributed by atoms with E-state index in [1.54, 1.807) is 6.07 Å². The topological polar surface area (TPSA) is 52.8 Å². The molecule has 1 aliphatic heterocycles. The average Bonchev–Trinajstić information content (AvgIpc) is 2.58. The van der Waals surface area contributed by atoms with Crippen LogP contribution in [-0.4, -0.2) is 23.3 Å². The number of aromatic nitrogens is 2. The van der Waals surface area contributed by atoms with E-state index in [4.69, 9.17) is 5.26 Å². The van der Waals surface area contributed by atoms with Gasteiger partial charge in [-0.15, -0.1) is 10.2 Å². The largest absolute Gasteiger partial charge is 0.355 e. The van der Waals surface area contributed by atoms with Crippen molar-refractivity contribution in [2.24, 2.45) is 0 Å². The van der Waals surface area contributed by atoms with E-state index in [0.29, 0.717) is 5.69 Å². The van der Waals surface area contributed by atoms with E-state index in [9.17, 15) is 0 Å². The van der Waals surface area contributed by atoms with Gasteiger partial charge in [-0.1, -0.05) is 12.8 Å². The third kappa shape index (κ3) is 2.44. The molecule has 2 rings (SSSR count). The molecule has 0 radical (unpaired) electrons. The van der Waals surface area contributed by atoms with Crippen molar-refractivity contribution in [1.29, 1.82) is 5.26 Å². The molecule has 4 heteroatoms. The zero-order valence-electron chi connectivity index (χ0n) is 8.69.